The van der Waals surface area contributed by atoms with E-state index in [9.17, 15) is 0 Å². The molecule has 0 atom stereocenters. The van der Waals surface area contributed by atoms with E-state index in [1.54, 1.807) is 0 Å². The molecule has 0 fully saturated rings. The molecule has 68 valence electrons. The van der Waals surface area contributed by atoms with E-state index >= 15 is 0 Å². The van der Waals surface area contributed by atoms with Gasteiger partial charge in [0.15, 0.2) is 0 Å². The summed E-state index contributed by atoms with van der Waals surface area (Å²) >= 11 is 0. The molecule has 0 aromatic carbocycles. The molecule has 0 saturated heterocycles. The molecule has 3 heteroatoms. The molecule has 0 heterocycles. The van der Waals surface area contributed by atoms with Crippen LogP contribution in [0, 0.1) is 12.2 Å². The zero-order valence-electron chi connectivity index (χ0n) is 7.13. The maximum absolute atomic E-state index is 2.92. The van der Waals surface area contributed by atoms with Gasteiger partial charge in [-0.1, -0.05) is 0 Å². The Hall–Kier alpha value is 0.254. The Kier molecular flexibility index (Phi) is 21.5. The van der Waals surface area contributed by atoms with Crippen molar-refractivity contribution in [1.82, 2.24) is 0 Å². The smallest absolute Gasteiger partial charge is 1.00 e. The first-order chi connectivity index (χ1) is 5.00. The van der Waals surface area contributed by atoms with Crippen LogP contribution in [-0.2, 0) is 21.7 Å². The van der Waals surface area contributed by atoms with Crippen LogP contribution in [0.2, 0.25) is 0 Å². The monoisotopic (exact) mass is 248 g/mol. The van der Waals surface area contributed by atoms with Gasteiger partial charge in [-0.05, 0) is 0 Å². The molecule has 0 N–H and O–H groups in total. The molecular formula is C10H10Cl2Ti. The standard InChI is InChI=1S/2C5H5.2ClH.Ti/c2*1-2-4-5-3-1;;;/h2*1-2,5H,3H2;2*1H;/q2*-1;;;+4/p-2. The van der Waals surface area contributed by atoms with Crippen LogP contribution in [0.3, 0.4) is 0 Å². The Morgan fingerprint density at radius 2 is 1.15 bits per heavy atom. The predicted molar refractivity (Wildman–Crippen MR) is 43.1 cm³/mol. The van der Waals surface area contributed by atoms with Crippen molar-refractivity contribution in [3.63, 3.8) is 0 Å². The molecule has 0 saturated carbocycles. The van der Waals surface area contributed by atoms with Gasteiger partial charge >= 0.3 is 21.7 Å². The van der Waals surface area contributed by atoms with Crippen LogP contribution < -0.4 is 24.8 Å². The fourth-order valence-corrected chi connectivity index (χ4v) is 0.680. The number of rotatable bonds is 0. The second-order valence-electron chi connectivity index (χ2n) is 2.02. The third-order valence-corrected chi connectivity index (χ3v) is 1.17. The quantitative estimate of drug-likeness (QED) is 0.310. The van der Waals surface area contributed by atoms with Gasteiger partial charge in [-0.15, -0.1) is 12.8 Å². The van der Waals surface area contributed by atoms with Gasteiger partial charge in [0.05, 0.1) is 0 Å². The van der Waals surface area contributed by atoms with Crippen molar-refractivity contribution in [2.45, 2.75) is 12.8 Å². The van der Waals surface area contributed by atoms with E-state index in [0.29, 0.717) is 0 Å². The summed E-state index contributed by atoms with van der Waals surface area (Å²) in [5, 5.41) is 0. The molecule has 2 rings (SSSR count). The maximum Gasteiger partial charge on any atom is 4.00 e. The first-order valence-corrected chi connectivity index (χ1v) is 3.45. The van der Waals surface area contributed by atoms with Gasteiger partial charge in [0, 0.05) is 0 Å². The molecule has 0 unspecified atom stereocenters. The third-order valence-electron chi connectivity index (χ3n) is 1.17. The Bertz CT molecular complexity index is 151. The summed E-state index contributed by atoms with van der Waals surface area (Å²) in [7, 11) is 0. The zero-order valence-corrected chi connectivity index (χ0v) is 10.2. The van der Waals surface area contributed by atoms with Gasteiger partial charge in [0.2, 0.25) is 0 Å². The van der Waals surface area contributed by atoms with Crippen molar-refractivity contribution < 1.29 is 46.5 Å². The van der Waals surface area contributed by atoms with Gasteiger partial charge in [0.1, 0.15) is 0 Å². The molecule has 0 nitrogen and oxygen atoms in total. The molecule has 2 aliphatic carbocycles. The minimum Gasteiger partial charge on any atom is -1.00 e. The van der Waals surface area contributed by atoms with Gasteiger partial charge in [-0.25, -0.2) is 24.3 Å². The average molecular weight is 249 g/mol. The van der Waals surface area contributed by atoms with Gasteiger partial charge in [-0.2, -0.15) is 12.2 Å². The first kappa shape index (κ1) is 18.9. The van der Waals surface area contributed by atoms with E-state index in [0.717, 1.165) is 12.8 Å². The molecule has 0 amide bonds. The van der Waals surface area contributed by atoms with Crippen molar-refractivity contribution in [2.75, 3.05) is 0 Å². The molecule has 0 aromatic rings. The van der Waals surface area contributed by atoms with E-state index in [1.807, 2.05) is 24.3 Å². The number of allylic oxidation sites excluding steroid dienone is 8. The van der Waals surface area contributed by atoms with Crippen molar-refractivity contribution >= 4 is 0 Å². The molecule has 2 aliphatic rings. The number of halogens is 2. The van der Waals surface area contributed by atoms with Crippen LogP contribution in [0.1, 0.15) is 12.8 Å². The number of hydrogen-bond acceptors (Lipinski definition) is 0. The fourth-order valence-electron chi connectivity index (χ4n) is 0.680. The molecular weight excluding hydrogens is 239 g/mol. The van der Waals surface area contributed by atoms with Crippen LogP contribution in [0.4, 0.5) is 0 Å². The summed E-state index contributed by atoms with van der Waals surface area (Å²) in [5.41, 5.74) is 0. The first-order valence-electron chi connectivity index (χ1n) is 3.45. The van der Waals surface area contributed by atoms with Crippen LogP contribution in [0.5, 0.6) is 0 Å². The summed E-state index contributed by atoms with van der Waals surface area (Å²) < 4.78 is 0. The van der Waals surface area contributed by atoms with E-state index in [2.05, 4.69) is 24.3 Å². The van der Waals surface area contributed by atoms with E-state index in [-0.39, 0.29) is 46.5 Å². The van der Waals surface area contributed by atoms with E-state index in [1.165, 1.54) is 0 Å². The largest absolute Gasteiger partial charge is 4.00 e. The van der Waals surface area contributed by atoms with Crippen LogP contribution in [0.15, 0.2) is 36.5 Å². The second kappa shape index (κ2) is 14.8. The van der Waals surface area contributed by atoms with Crippen molar-refractivity contribution in [3.8, 4) is 0 Å². The SMILES string of the molecule is [C-]1=CCC=C1.[C-]1=CCC=C1.[Cl-].[Cl-].[Ti+4]. The van der Waals surface area contributed by atoms with Crippen LogP contribution >= 0.6 is 0 Å². The zero-order chi connectivity index (χ0) is 7.07. The van der Waals surface area contributed by atoms with Crippen LogP contribution in [0.25, 0.3) is 0 Å². The summed E-state index contributed by atoms with van der Waals surface area (Å²) in [4.78, 5) is 0. The van der Waals surface area contributed by atoms with Gasteiger partial charge < -0.3 is 24.8 Å². The topological polar surface area (TPSA) is 0 Å². The van der Waals surface area contributed by atoms with Gasteiger partial charge in [-0.3, -0.25) is 12.2 Å². The summed E-state index contributed by atoms with van der Waals surface area (Å²) in [6, 6.07) is 0. The minimum atomic E-state index is 0. The number of hydrogen-bond donors (Lipinski definition) is 0. The Morgan fingerprint density at radius 1 is 0.769 bits per heavy atom. The molecule has 0 aliphatic heterocycles. The van der Waals surface area contributed by atoms with E-state index in [4.69, 9.17) is 0 Å². The average Bonchev–Trinajstić information content (AvgIpc) is 2.67. The van der Waals surface area contributed by atoms with Crippen molar-refractivity contribution in [2.24, 2.45) is 0 Å². The van der Waals surface area contributed by atoms with E-state index < -0.39 is 0 Å². The third kappa shape index (κ3) is 12.3. The summed E-state index contributed by atoms with van der Waals surface area (Å²) in [6.45, 7) is 0. The van der Waals surface area contributed by atoms with Gasteiger partial charge in [0.25, 0.3) is 0 Å². The second-order valence-corrected chi connectivity index (χ2v) is 2.02. The molecule has 0 spiro atoms. The molecule has 0 bridgehead atoms. The summed E-state index contributed by atoms with van der Waals surface area (Å²) in [6.07, 6.45) is 20.0. The summed E-state index contributed by atoms with van der Waals surface area (Å²) in [5.74, 6) is 0. The van der Waals surface area contributed by atoms with Crippen molar-refractivity contribution in [3.05, 3.63) is 48.6 Å². The molecule has 0 aromatic heterocycles. The van der Waals surface area contributed by atoms with Crippen LogP contribution in [-0.4, -0.2) is 0 Å². The minimum absolute atomic E-state index is 0. The Labute approximate surface area is 108 Å². The normalized spacial score (nSPS) is 13.5. The molecule has 0 radical (unpaired) electrons. The fraction of sp³-hybridized carbons (Fsp3) is 0.200. The maximum atomic E-state index is 2.92. The Balaban J connectivity index is -0.000000125. The van der Waals surface area contributed by atoms with Crippen molar-refractivity contribution in [1.29, 1.82) is 0 Å². The predicted octanol–water partition coefficient (Wildman–Crippen LogP) is -3.38. The molecule has 13 heavy (non-hydrogen) atoms. The Morgan fingerprint density at radius 3 is 1.23 bits per heavy atom.